The maximum absolute atomic E-state index is 6.47. The van der Waals surface area contributed by atoms with Crippen LogP contribution in [-0.4, -0.2) is 5.38 Å². The van der Waals surface area contributed by atoms with E-state index in [1.807, 2.05) is 18.2 Å². The van der Waals surface area contributed by atoms with Gasteiger partial charge in [-0.25, -0.2) is 0 Å². The van der Waals surface area contributed by atoms with Gasteiger partial charge in [0.15, 0.2) is 0 Å². The fraction of sp³-hybridized carbons (Fsp3) is 0.250. The van der Waals surface area contributed by atoms with E-state index >= 15 is 0 Å². The quantitative estimate of drug-likeness (QED) is 0.741. The summed E-state index contributed by atoms with van der Waals surface area (Å²) in [7, 11) is 0. The van der Waals surface area contributed by atoms with E-state index in [1.165, 1.54) is 11.1 Å². The molecule has 0 heterocycles. The van der Waals surface area contributed by atoms with E-state index in [9.17, 15) is 0 Å². The minimum atomic E-state index is 0.0987. The third-order valence-electron chi connectivity index (χ3n) is 3.69. The summed E-state index contributed by atoms with van der Waals surface area (Å²) in [6.45, 7) is 0.717. The number of rotatable bonds is 3. The lowest BCUT2D eigenvalue weighted by molar-refractivity contribution is 0.536. The molecule has 0 fully saturated rings. The fourth-order valence-corrected chi connectivity index (χ4v) is 3.80. The molecular weight excluding hydrogens is 357 g/mol. The zero-order chi connectivity index (χ0) is 14.1. The Bertz CT molecular complexity index is 630. The Kier molecular flexibility index (Phi) is 4.37. The topological polar surface area (TPSA) is 12.0 Å². The summed E-state index contributed by atoms with van der Waals surface area (Å²) in [5.41, 5.74) is 3.73. The lowest BCUT2D eigenvalue weighted by Crippen LogP contribution is -2.25. The van der Waals surface area contributed by atoms with Crippen LogP contribution in [0.5, 0.6) is 0 Å². The first-order chi connectivity index (χ1) is 9.65. The van der Waals surface area contributed by atoms with Crippen molar-refractivity contribution in [2.45, 2.75) is 24.4 Å². The van der Waals surface area contributed by atoms with E-state index in [1.54, 1.807) is 0 Å². The molecule has 4 heteroatoms. The second-order valence-corrected chi connectivity index (χ2v) is 6.90. The second kappa shape index (κ2) is 6.07. The number of fused-ring (bicyclic) bond motifs is 1. The first-order valence-electron chi connectivity index (χ1n) is 6.54. The normalized spacial score (nSPS) is 20.9. The van der Waals surface area contributed by atoms with Gasteiger partial charge in [-0.15, -0.1) is 11.6 Å². The highest BCUT2D eigenvalue weighted by atomic mass is 79.9. The molecule has 0 bridgehead atoms. The minimum absolute atomic E-state index is 0.0987. The van der Waals surface area contributed by atoms with Crippen molar-refractivity contribution in [3.05, 3.63) is 68.7 Å². The average Bonchev–Trinajstić information content (AvgIpc) is 2.74. The summed E-state index contributed by atoms with van der Waals surface area (Å²) in [4.78, 5) is 0. The molecule has 2 aromatic rings. The molecule has 1 N–H and O–H groups in total. The zero-order valence-corrected chi connectivity index (χ0v) is 13.8. The number of nitrogens with one attached hydrogen (secondary N) is 1. The summed E-state index contributed by atoms with van der Waals surface area (Å²) >= 11 is 16.1. The molecule has 2 unspecified atom stereocenters. The molecule has 0 aromatic heterocycles. The van der Waals surface area contributed by atoms with E-state index in [0.29, 0.717) is 6.54 Å². The van der Waals surface area contributed by atoms with Crippen LogP contribution in [0.25, 0.3) is 0 Å². The summed E-state index contributed by atoms with van der Waals surface area (Å²) in [6.07, 6.45) is 0.920. The molecule has 0 spiro atoms. The van der Waals surface area contributed by atoms with Crippen LogP contribution >= 0.6 is 39.1 Å². The lowest BCUT2D eigenvalue weighted by Gasteiger charge is -2.18. The van der Waals surface area contributed by atoms with Crippen LogP contribution in [-0.2, 0) is 13.0 Å². The van der Waals surface area contributed by atoms with Crippen LogP contribution in [0.4, 0.5) is 0 Å². The second-order valence-electron chi connectivity index (χ2n) is 5.01. The number of hydrogen-bond acceptors (Lipinski definition) is 1. The molecule has 1 aliphatic carbocycles. The van der Waals surface area contributed by atoms with Crippen molar-refractivity contribution in [3.63, 3.8) is 0 Å². The standard InChI is InChI=1S/C16H14BrCl2N/c17-12-6-5-11(14(18)8-12)9-20-16-13-4-2-1-3-10(13)7-15(16)19/h1-6,8,15-16,20H,7,9H2. The number of alkyl halides is 1. The summed E-state index contributed by atoms with van der Waals surface area (Å²) in [5.74, 6) is 0. The van der Waals surface area contributed by atoms with Gasteiger partial charge in [0.1, 0.15) is 0 Å². The Balaban J connectivity index is 1.75. The van der Waals surface area contributed by atoms with Crippen molar-refractivity contribution >= 4 is 39.1 Å². The largest absolute Gasteiger partial charge is 0.305 e. The van der Waals surface area contributed by atoms with E-state index in [0.717, 1.165) is 21.5 Å². The van der Waals surface area contributed by atoms with Crippen LogP contribution in [0.2, 0.25) is 5.02 Å². The van der Waals surface area contributed by atoms with Gasteiger partial charge in [-0.1, -0.05) is 57.9 Å². The third kappa shape index (κ3) is 2.89. The predicted octanol–water partition coefficient (Wildman–Crippen LogP) is 5.10. The molecule has 0 saturated carbocycles. The zero-order valence-electron chi connectivity index (χ0n) is 10.7. The van der Waals surface area contributed by atoms with Gasteiger partial charge in [-0.05, 0) is 35.2 Å². The molecule has 0 amide bonds. The van der Waals surface area contributed by atoms with Gasteiger partial charge in [0.2, 0.25) is 0 Å². The number of benzene rings is 2. The van der Waals surface area contributed by atoms with Crippen LogP contribution in [0.15, 0.2) is 46.9 Å². The number of hydrogen-bond donors (Lipinski definition) is 1. The van der Waals surface area contributed by atoms with Gasteiger partial charge < -0.3 is 5.32 Å². The summed E-state index contributed by atoms with van der Waals surface area (Å²) in [5, 5.41) is 4.40. The van der Waals surface area contributed by atoms with Crippen molar-refractivity contribution < 1.29 is 0 Å². The summed E-state index contributed by atoms with van der Waals surface area (Å²) < 4.78 is 0.993. The van der Waals surface area contributed by atoms with Crippen molar-refractivity contribution in [1.82, 2.24) is 5.32 Å². The molecule has 0 radical (unpaired) electrons. The van der Waals surface area contributed by atoms with E-state index in [2.05, 4.69) is 45.5 Å². The van der Waals surface area contributed by atoms with E-state index in [-0.39, 0.29) is 11.4 Å². The molecular formula is C16H14BrCl2N. The smallest absolute Gasteiger partial charge is 0.0571 e. The van der Waals surface area contributed by atoms with Gasteiger partial charge in [0.25, 0.3) is 0 Å². The average molecular weight is 371 g/mol. The van der Waals surface area contributed by atoms with Crippen molar-refractivity contribution in [2.75, 3.05) is 0 Å². The number of halogens is 3. The maximum Gasteiger partial charge on any atom is 0.0571 e. The minimum Gasteiger partial charge on any atom is -0.305 e. The van der Waals surface area contributed by atoms with Gasteiger partial charge in [0, 0.05) is 22.1 Å². The molecule has 0 saturated heterocycles. The predicted molar refractivity (Wildman–Crippen MR) is 88.5 cm³/mol. The first-order valence-corrected chi connectivity index (χ1v) is 8.15. The van der Waals surface area contributed by atoms with Crippen molar-refractivity contribution in [2.24, 2.45) is 0 Å². The molecule has 20 heavy (non-hydrogen) atoms. The van der Waals surface area contributed by atoms with Crippen molar-refractivity contribution in [1.29, 1.82) is 0 Å². The van der Waals surface area contributed by atoms with Crippen LogP contribution in [0.3, 0.4) is 0 Å². The fourth-order valence-electron chi connectivity index (χ4n) is 2.67. The monoisotopic (exact) mass is 369 g/mol. The molecule has 104 valence electrons. The van der Waals surface area contributed by atoms with E-state index < -0.39 is 0 Å². The Morgan fingerprint density at radius 3 is 2.80 bits per heavy atom. The van der Waals surface area contributed by atoms with Gasteiger partial charge >= 0.3 is 0 Å². The van der Waals surface area contributed by atoms with Crippen molar-refractivity contribution in [3.8, 4) is 0 Å². The highest BCUT2D eigenvalue weighted by molar-refractivity contribution is 9.10. The third-order valence-corrected chi connectivity index (χ3v) is 4.95. The Hall–Kier alpha value is -0.540. The lowest BCUT2D eigenvalue weighted by atomic mass is 10.1. The molecule has 1 aliphatic rings. The van der Waals surface area contributed by atoms with Crippen LogP contribution in [0.1, 0.15) is 22.7 Å². The summed E-state index contributed by atoms with van der Waals surface area (Å²) in [6, 6.07) is 14.6. The molecule has 2 aromatic carbocycles. The van der Waals surface area contributed by atoms with E-state index in [4.69, 9.17) is 23.2 Å². The molecule has 2 atom stereocenters. The first kappa shape index (κ1) is 14.4. The molecule has 1 nitrogen and oxygen atoms in total. The Morgan fingerprint density at radius 1 is 1.20 bits per heavy atom. The highest BCUT2D eigenvalue weighted by Gasteiger charge is 2.30. The van der Waals surface area contributed by atoms with Gasteiger partial charge in [0.05, 0.1) is 5.38 Å². The molecule has 3 rings (SSSR count). The highest BCUT2D eigenvalue weighted by Crippen LogP contribution is 2.35. The Morgan fingerprint density at radius 2 is 2.00 bits per heavy atom. The Labute approximate surface area is 137 Å². The van der Waals surface area contributed by atoms with Gasteiger partial charge in [-0.3, -0.25) is 0 Å². The SMILES string of the molecule is Clc1cc(Br)ccc1CNC1c2ccccc2CC1Cl. The van der Waals surface area contributed by atoms with Crippen LogP contribution < -0.4 is 5.32 Å². The van der Waals surface area contributed by atoms with Crippen LogP contribution in [0, 0.1) is 0 Å². The van der Waals surface area contributed by atoms with Gasteiger partial charge in [-0.2, -0.15) is 0 Å². The maximum atomic E-state index is 6.47. The molecule has 0 aliphatic heterocycles.